The summed E-state index contributed by atoms with van der Waals surface area (Å²) in [6.07, 6.45) is 5.30. The van der Waals surface area contributed by atoms with Gasteiger partial charge < -0.3 is 0 Å². The molecule has 1 aromatic rings. The fourth-order valence-electron chi connectivity index (χ4n) is 3.57. The molecule has 0 heterocycles. The molecule has 2 aliphatic carbocycles. The number of benzene rings is 1. The van der Waals surface area contributed by atoms with E-state index in [2.05, 4.69) is 6.07 Å². The molecule has 0 radical (unpaired) electrons. The van der Waals surface area contributed by atoms with Crippen LogP contribution in [-0.2, 0) is 6.42 Å². The Labute approximate surface area is 101 Å². The van der Waals surface area contributed by atoms with Crippen molar-refractivity contribution in [3.8, 4) is 6.07 Å². The highest BCUT2D eigenvalue weighted by molar-refractivity contribution is 6.02. The van der Waals surface area contributed by atoms with Crippen LogP contribution < -0.4 is 0 Å². The maximum absolute atomic E-state index is 12.4. The third-order valence-electron chi connectivity index (χ3n) is 4.43. The van der Waals surface area contributed by atoms with Crippen LogP contribution >= 0.6 is 0 Å². The van der Waals surface area contributed by atoms with Crippen LogP contribution in [0.4, 0.5) is 0 Å². The highest BCUT2D eigenvalue weighted by atomic mass is 16.1. The van der Waals surface area contributed by atoms with E-state index in [-0.39, 0.29) is 11.2 Å². The van der Waals surface area contributed by atoms with Crippen LogP contribution in [0.25, 0.3) is 0 Å². The van der Waals surface area contributed by atoms with Crippen molar-refractivity contribution in [2.24, 2.45) is 11.3 Å². The molecule has 1 saturated carbocycles. The van der Waals surface area contributed by atoms with Crippen molar-refractivity contribution in [3.05, 3.63) is 35.4 Å². The molecule has 0 N–H and O–H groups in total. The zero-order chi connectivity index (χ0) is 11.9. The molecule has 1 fully saturated rings. The van der Waals surface area contributed by atoms with Crippen molar-refractivity contribution in [2.45, 2.75) is 32.1 Å². The Morgan fingerprint density at radius 3 is 2.65 bits per heavy atom. The SMILES string of the molecule is N#C[C@H]1C(=O)c2ccccc2CC12CCCC2. The molecule has 3 rings (SSSR count). The third-order valence-corrected chi connectivity index (χ3v) is 4.43. The lowest BCUT2D eigenvalue weighted by Crippen LogP contribution is -2.39. The summed E-state index contributed by atoms with van der Waals surface area (Å²) in [6.45, 7) is 0. The molecule has 2 aliphatic rings. The Morgan fingerprint density at radius 2 is 1.94 bits per heavy atom. The van der Waals surface area contributed by atoms with Gasteiger partial charge in [-0.3, -0.25) is 4.79 Å². The van der Waals surface area contributed by atoms with Gasteiger partial charge in [0, 0.05) is 5.56 Å². The topological polar surface area (TPSA) is 40.9 Å². The van der Waals surface area contributed by atoms with Gasteiger partial charge >= 0.3 is 0 Å². The normalized spacial score (nSPS) is 25.6. The summed E-state index contributed by atoms with van der Waals surface area (Å²) in [6, 6.07) is 10.1. The summed E-state index contributed by atoms with van der Waals surface area (Å²) in [5.41, 5.74) is 1.86. The third kappa shape index (κ3) is 1.42. The lowest BCUT2D eigenvalue weighted by atomic mass is 9.63. The van der Waals surface area contributed by atoms with Gasteiger partial charge in [0.15, 0.2) is 5.78 Å². The first-order chi connectivity index (χ1) is 8.27. The zero-order valence-corrected chi connectivity index (χ0v) is 9.78. The zero-order valence-electron chi connectivity index (χ0n) is 9.78. The molecule has 1 spiro atoms. The van der Waals surface area contributed by atoms with Crippen LogP contribution in [0.2, 0.25) is 0 Å². The molecule has 0 bridgehead atoms. The summed E-state index contributed by atoms with van der Waals surface area (Å²) in [7, 11) is 0. The van der Waals surface area contributed by atoms with Gasteiger partial charge in [0.1, 0.15) is 5.92 Å². The number of nitrogens with zero attached hydrogens (tertiary/aromatic N) is 1. The number of carbonyl (C=O) groups is 1. The summed E-state index contributed by atoms with van der Waals surface area (Å²) in [5, 5.41) is 9.34. The first kappa shape index (κ1) is 10.5. The molecule has 0 saturated heterocycles. The van der Waals surface area contributed by atoms with E-state index < -0.39 is 5.92 Å². The van der Waals surface area contributed by atoms with E-state index in [0.717, 1.165) is 43.2 Å². The van der Waals surface area contributed by atoms with Crippen molar-refractivity contribution in [1.29, 1.82) is 5.26 Å². The lowest BCUT2D eigenvalue weighted by molar-refractivity contribution is 0.0795. The van der Waals surface area contributed by atoms with E-state index in [1.54, 1.807) is 0 Å². The Morgan fingerprint density at radius 1 is 1.24 bits per heavy atom. The number of nitriles is 1. The summed E-state index contributed by atoms with van der Waals surface area (Å²) in [4.78, 5) is 12.4. The maximum atomic E-state index is 12.4. The fourth-order valence-corrected chi connectivity index (χ4v) is 3.57. The van der Waals surface area contributed by atoms with Crippen LogP contribution in [0.5, 0.6) is 0 Å². The Balaban J connectivity index is 2.12. The van der Waals surface area contributed by atoms with Crippen molar-refractivity contribution in [3.63, 3.8) is 0 Å². The number of hydrogen-bond donors (Lipinski definition) is 0. The predicted molar refractivity (Wildman–Crippen MR) is 64.5 cm³/mol. The van der Waals surface area contributed by atoms with Gasteiger partial charge in [-0.1, -0.05) is 37.1 Å². The van der Waals surface area contributed by atoms with Crippen LogP contribution in [-0.4, -0.2) is 5.78 Å². The van der Waals surface area contributed by atoms with E-state index in [4.69, 9.17) is 0 Å². The molecule has 1 atom stereocenters. The van der Waals surface area contributed by atoms with Gasteiger partial charge in [0.2, 0.25) is 0 Å². The highest BCUT2D eigenvalue weighted by Gasteiger charge is 2.48. The molecule has 0 aliphatic heterocycles. The van der Waals surface area contributed by atoms with Crippen LogP contribution in [0.1, 0.15) is 41.6 Å². The van der Waals surface area contributed by atoms with E-state index >= 15 is 0 Å². The highest BCUT2D eigenvalue weighted by Crippen LogP contribution is 2.50. The second kappa shape index (κ2) is 3.70. The smallest absolute Gasteiger partial charge is 0.180 e. The van der Waals surface area contributed by atoms with Gasteiger partial charge in [0.25, 0.3) is 0 Å². The van der Waals surface area contributed by atoms with Crippen LogP contribution in [0.3, 0.4) is 0 Å². The van der Waals surface area contributed by atoms with Crippen molar-refractivity contribution < 1.29 is 4.79 Å². The van der Waals surface area contributed by atoms with E-state index in [1.165, 1.54) is 0 Å². The minimum absolute atomic E-state index is 0.0521. The minimum Gasteiger partial charge on any atom is -0.293 e. The fraction of sp³-hybridized carbons (Fsp3) is 0.467. The maximum Gasteiger partial charge on any atom is 0.180 e. The molecule has 0 unspecified atom stereocenters. The van der Waals surface area contributed by atoms with Crippen molar-refractivity contribution >= 4 is 5.78 Å². The number of hydrogen-bond acceptors (Lipinski definition) is 2. The van der Waals surface area contributed by atoms with Crippen molar-refractivity contribution in [2.75, 3.05) is 0 Å². The van der Waals surface area contributed by atoms with E-state index in [1.807, 2.05) is 24.3 Å². The Hall–Kier alpha value is -1.62. The summed E-state index contributed by atoms with van der Waals surface area (Å²) >= 11 is 0. The number of rotatable bonds is 0. The number of Topliss-reactive ketones (excluding diaryl/α,β-unsaturated/α-hetero) is 1. The molecule has 0 aromatic heterocycles. The first-order valence-electron chi connectivity index (χ1n) is 6.29. The number of fused-ring (bicyclic) bond motifs is 1. The van der Waals surface area contributed by atoms with E-state index in [9.17, 15) is 10.1 Å². The molecule has 2 heteroatoms. The summed E-state index contributed by atoms with van der Waals surface area (Å²) < 4.78 is 0. The predicted octanol–water partition coefficient (Wildman–Crippen LogP) is 3.13. The molecule has 17 heavy (non-hydrogen) atoms. The van der Waals surface area contributed by atoms with Crippen LogP contribution in [0.15, 0.2) is 24.3 Å². The molecule has 2 nitrogen and oxygen atoms in total. The van der Waals surface area contributed by atoms with E-state index in [0.29, 0.717) is 0 Å². The molecular formula is C15H15NO. The average molecular weight is 225 g/mol. The lowest BCUT2D eigenvalue weighted by Gasteiger charge is -2.37. The molecular weight excluding hydrogens is 210 g/mol. The molecule has 1 aromatic carbocycles. The van der Waals surface area contributed by atoms with Gasteiger partial charge in [-0.05, 0) is 30.2 Å². The minimum atomic E-state index is -0.417. The molecule has 0 amide bonds. The number of ketones is 1. The standard InChI is InChI=1S/C15H15NO/c16-10-13-14(17)12-6-2-1-5-11(12)9-15(13)7-3-4-8-15/h1-2,5-6,13H,3-4,7-9H2/t13-/m0/s1. The second-order valence-electron chi connectivity index (χ2n) is 5.33. The molecule has 86 valence electrons. The van der Waals surface area contributed by atoms with Gasteiger partial charge in [0.05, 0.1) is 6.07 Å². The van der Waals surface area contributed by atoms with Gasteiger partial charge in [-0.25, -0.2) is 0 Å². The largest absolute Gasteiger partial charge is 0.293 e. The van der Waals surface area contributed by atoms with Crippen molar-refractivity contribution in [1.82, 2.24) is 0 Å². The monoisotopic (exact) mass is 225 g/mol. The Kier molecular flexibility index (Phi) is 2.29. The quantitative estimate of drug-likeness (QED) is 0.680. The van der Waals surface area contributed by atoms with Gasteiger partial charge in [-0.2, -0.15) is 5.26 Å². The number of carbonyl (C=O) groups excluding carboxylic acids is 1. The van der Waals surface area contributed by atoms with Gasteiger partial charge in [-0.15, -0.1) is 0 Å². The summed E-state index contributed by atoms with van der Waals surface area (Å²) in [5.74, 6) is -0.365. The van der Waals surface area contributed by atoms with Crippen LogP contribution in [0, 0.1) is 22.7 Å². The second-order valence-corrected chi connectivity index (χ2v) is 5.33. The Bertz CT molecular complexity index is 506. The average Bonchev–Trinajstić information content (AvgIpc) is 2.79. The first-order valence-corrected chi connectivity index (χ1v) is 6.29.